The first-order valence-electron chi connectivity index (χ1n) is 11.5. The largest absolute Gasteiger partial charge is 0.497 e. The molecule has 1 fully saturated rings. The highest BCUT2D eigenvalue weighted by Crippen LogP contribution is 2.29. The van der Waals surface area contributed by atoms with Gasteiger partial charge in [-0.2, -0.15) is 0 Å². The topological polar surface area (TPSA) is 100 Å². The Labute approximate surface area is 213 Å². The van der Waals surface area contributed by atoms with Gasteiger partial charge in [-0.25, -0.2) is 14.8 Å². The van der Waals surface area contributed by atoms with Crippen LogP contribution in [0.2, 0.25) is 0 Å². The number of urea groups is 1. The van der Waals surface area contributed by atoms with E-state index in [4.69, 9.17) is 9.47 Å². The Balaban J connectivity index is 1.31. The zero-order valence-electron chi connectivity index (χ0n) is 20.2. The maximum Gasteiger partial charge on any atom is 0.340 e. The van der Waals surface area contributed by atoms with Gasteiger partial charge < -0.3 is 20.1 Å². The first kappa shape index (κ1) is 25.2. The van der Waals surface area contributed by atoms with Gasteiger partial charge in [-0.3, -0.25) is 9.59 Å². The summed E-state index contributed by atoms with van der Waals surface area (Å²) in [5.41, 5.74) is 1.18. The molecule has 0 saturated carbocycles. The second-order valence-electron chi connectivity index (χ2n) is 8.06. The van der Waals surface area contributed by atoms with Gasteiger partial charge in [-0.05, 0) is 30.0 Å². The van der Waals surface area contributed by atoms with Gasteiger partial charge >= 0.3 is 6.03 Å². The number of fused-ring (bicyclic) bond motifs is 1. The van der Waals surface area contributed by atoms with Crippen molar-refractivity contribution in [3.63, 3.8) is 0 Å². The highest BCUT2D eigenvalue weighted by atomic mass is 32.2. The number of nitrogens with one attached hydrogen (secondary N) is 2. The lowest BCUT2D eigenvalue weighted by Gasteiger charge is -2.28. The number of methoxy groups -OCH3 is 2. The molecule has 188 valence electrons. The number of hydrogen-bond acceptors (Lipinski definition) is 6. The van der Waals surface area contributed by atoms with Gasteiger partial charge in [0.2, 0.25) is 5.91 Å². The van der Waals surface area contributed by atoms with Crippen molar-refractivity contribution in [2.45, 2.75) is 6.42 Å². The van der Waals surface area contributed by atoms with Crippen LogP contribution in [0.15, 0.2) is 60.7 Å². The number of carbonyl (C=O) groups is 3. The van der Waals surface area contributed by atoms with E-state index in [-0.39, 0.29) is 29.4 Å². The minimum atomic E-state index is -0.356. The van der Waals surface area contributed by atoms with Gasteiger partial charge in [0.25, 0.3) is 5.91 Å². The van der Waals surface area contributed by atoms with Crippen molar-refractivity contribution in [1.29, 1.82) is 0 Å². The molecule has 2 N–H and O–H groups in total. The summed E-state index contributed by atoms with van der Waals surface area (Å²) in [7, 11) is 3.06. The lowest BCUT2D eigenvalue weighted by Crippen LogP contribution is -2.47. The Morgan fingerprint density at radius 3 is 2.44 bits per heavy atom. The van der Waals surface area contributed by atoms with E-state index >= 15 is 0 Å². The molecule has 1 heterocycles. The normalized spacial score (nSPS) is 12.9. The number of amides is 4. The van der Waals surface area contributed by atoms with Crippen LogP contribution in [0.3, 0.4) is 0 Å². The van der Waals surface area contributed by atoms with Gasteiger partial charge in [0.05, 0.1) is 37.1 Å². The van der Waals surface area contributed by atoms with Crippen LogP contribution in [0.25, 0.3) is 10.8 Å². The second-order valence-corrected chi connectivity index (χ2v) is 9.04. The van der Waals surface area contributed by atoms with E-state index in [0.717, 1.165) is 10.8 Å². The SMILES string of the molecule is COc1ccc(OC)c(NC(=O)CSCC(=O)N2CCCN2C(=O)Nc2cccc3ccccc23)c1. The Hall–Kier alpha value is -3.92. The summed E-state index contributed by atoms with van der Waals surface area (Å²) in [5.74, 6) is 0.742. The molecular formula is C26H28N4O5S. The van der Waals surface area contributed by atoms with Crippen LogP contribution in [-0.2, 0) is 9.59 Å². The minimum Gasteiger partial charge on any atom is -0.497 e. The zero-order valence-corrected chi connectivity index (χ0v) is 21.0. The third-order valence-corrected chi connectivity index (χ3v) is 6.64. The number of carbonyl (C=O) groups excluding carboxylic acids is 3. The van der Waals surface area contributed by atoms with E-state index < -0.39 is 0 Å². The molecule has 4 amide bonds. The fourth-order valence-corrected chi connectivity index (χ4v) is 4.68. The molecule has 0 bridgehead atoms. The van der Waals surface area contributed by atoms with E-state index in [1.807, 2.05) is 42.5 Å². The third-order valence-electron chi connectivity index (χ3n) is 5.72. The quantitative estimate of drug-likeness (QED) is 0.473. The minimum absolute atomic E-state index is 0.0702. The van der Waals surface area contributed by atoms with Crippen LogP contribution >= 0.6 is 11.8 Å². The van der Waals surface area contributed by atoms with E-state index in [1.54, 1.807) is 25.3 Å². The predicted molar refractivity (Wildman–Crippen MR) is 142 cm³/mol. The molecule has 4 rings (SSSR count). The van der Waals surface area contributed by atoms with E-state index in [0.29, 0.717) is 42.4 Å². The van der Waals surface area contributed by atoms with Gasteiger partial charge in [-0.15, -0.1) is 11.8 Å². The number of hydrazine groups is 1. The summed E-state index contributed by atoms with van der Waals surface area (Å²) in [4.78, 5) is 38.3. The number of thioether (sulfide) groups is 1. The molecule has 1 aliphatic heterocycles. The van der Waals surface area contributed by atoms with E-state index in [1.165, 1.54) is 28.9 Å². The first-order valence-corrected chi connectivity index (χ1v) is 12.6. The van der Waals surface area contributed by atoms with Gasteiger partial charge in [0.1, 0.15) is 11.5 Å². The summed E-state index contributed by atoms with van der Waals surface area (Å²) in [6.45, 7) is 0.901. The number of benzene rings is 3. The molecule has 0 atom stereocenters. The highest BCUT2D eigenvalue weighted by molar-refractivity contribution is 8.00. The molecule has 3 aromatic rings. The number of hydrogen-bond donors (Lipinski definition) is 2. The molecule has 0 aromatic heterocycles. The van der Waals surface area contributed by atoms with Gasteiger partial charge in [0.15, 0.2) is 0 Å². The van der Waals surface area contributed by atoms with Gasteiger partial charge in [-0.1, -0.05) is 36.4 Å². The van der Waals surface area contributed by atoms with Crippen molar-refractivity contribution in [3.05, 3.63) is 60.7 Å². The molecule has 1 saturated heterocycles. The molecule has 36 heavy (non-hydrogen) atoms. The Kier molecular flexibility index (Phi) is 8.17. The number of rotatable bonds is 8. The maximum absolute atomic E-state index is 13.0. The summed E-state index contributed by atoms with van der Waals surface area (Å²) < 4.78 is 10.5. The molecule has 9 nitrogen and oxygen atoms in total. The molecule has 0 radical (unpaired) electrons. The third kappa shape index (κ3) is 5.83. The van der Waals surface area contributed by atoms with Crippen LogP contribution in [0, 0.1) is 0 Å². The van der Waals surface area contributed by atoms with Crippen LogP contribution in [0.1, 0.15) is 6.42 Å². The summed E-state index contributed by atoms with van der Waals surface area (Å²) in [6.07, 6.45) is 0.690. The standard InChI is InChI=1S/C26H28N4O5S/c1-34-19-11-12-23(35-2)22(15-19)27-24(31)16-36-17-25(32)29-13-6-14-30(29)26(33)28-21-10-5-8-18-7-3-4-9-20(18)21/h3-5,7-12,15H,6,13-14,16-17H2,1-2H3,(H,27,31)(H,28,33). The highest BCUT2D eigenvalue weighted by Gasteiger charge is 2.30. The Bertz CT molecular complexity index is 1260. The Morgan fingerprint density at radius 2 is 1.64 bits per heavy atom. The number of anilines is 2. The number of nitrogens with zero attached hydrogens (tertiary/aromatic N) is 2. The van der Waals surface area contributed by atoms with E-state index in [2.05, 4.69) is 10.6 Å². The van der Waals surface area contributed by atoms with Crippen molar-refractivity contribution >= 4 is 51.8 Å². The molecule has 10 heteroatoms. The fraction of sp³-hybridized carbons (Fsp3) is 0.269. The van der Waals surface area contributed by atoms with Crippen molar-refractivity contribution in [2.24, 2.45) is 0 Å². The van der Waals surface area contributed by atoms with E-state index in [9.17, 15) is 14.4 Å². The summed E-state index contributed by atoms with van der Waals surface area (Å²) >= 11 is 1.18. The van der Waals surface area contributed by atoms with Crippen molar-refractivity contribution in [3.8, 4) is 11.5 Å². The predicted octanol–water partition coefficient (Wildman–Crippen LogP) is 4.21. The molecule has 0 aliphatic carbocycles. The zero-order chi connectivity index (χ0) is 25.5. The Morgan fingerprint density at radius 1 is 0.861 bits per heavy atom. The lowest BCUT2D eigenvalue weighted by molar-refractivity contribution is -0.136. The fourth-order valence-electron chi connectivity index (χ4n) is 4.00. The number of ether oxygens (including phenoxy) is 2. The summed E-state index contributed by atoms with van der Waals surface area (Å²) in [6, 6.07) is 18.2. The molecule has 0 spiro atoms. The van der Waals surface area contributed by atoms with Crippen LogP contribution in [0.5, 0.6) is 11.5 Å². The van der Waals surface area contributed by atoms with Crippen LogP contribution in [0.4, 0.5) is 16.2 Å². The lowest BCUT2D eigenvalue weighted by atomic mass is 10.1. The molecule has 1 aliphatic rings. The maximum atomic E-state index is 13.0. The second kappa shape index (κ2) is 11.7. The van der Waals surface area contributed by atoms with Crippen molar-refractivity contribution < 1.29 is 23.9 Å². The average molecular weight is 509 g/mol. The first-order chi connectivity index (χ1) is 17.5. The van der Waals surface area contributed by atoms with Crippen LogP contribution in [-0.4, -0.2) is 66.7 Å². The molecule has 3 aromatic carbocycles. The van der Waals surface area contributed by atoms with Crippen molar-refractivity contribution in [2.75, 3.05) is 49.4 Å². The molecule has 0 unspecified atom stereocenters. The summed E-state index contributed by atoms with van der Waals surface area (Å²) in [5, 5.41) is 10.6. The monoisotopic (exact) mass is 508 g/mol. The van der Waals surface area contributed by atoms with Crippen molar-refractivity contribution in [1.82, 2.24) is 10.0 Å². The van der Waals surface area contributed by atoms with Gasteiger partial charge in [0, 0.05) is 24.5 Å². The molecular weight excluding hydrogens is 480 g/mol. The van der Waals surface area contributed by atoms with Crippen LogP contribution < -0.4 is 20.1 Å². The smallest absolute Gasteiger partial charge is 0.340 e. The average Bonchev–Trinajstić information content (AvgIpc) is 3.39.